The van der Waals surface area contributed by atoms with Crippen LogP contribution in [0.1, 0.15) is 27.2 Å². The van der Waals surface area contributed by atoms with E-state index in [9.17, 15) is 13.2 Å². The van der Waals surface area contributed by atoms with E-state index in [4.69, 9.17) is 5.73 Å². The summed E-state index contributed by atoms with van der Waals surface area (Å²) in [6.45, 7) is 5.78. The molecule has 0 radical (unpaired) electrons. The Kier molecular flexibility index (Phi) is 7.38. The highest BCUT2D eigenvalue weighted by atomic mass is 32.2. The first-order valence-electron chi connectivity index (χ1n) is 7.30. The van der Waals surface area contributed by atoms with Gasteiger partial charge in [0, 0.05) is 17.5 Å². The molecule has 22 heavy (non-hydrogen) atoms. The molecule has 0 aromatic heterocycles. The van der Waals surface area contributed by atoms with Crippen molar-refractivity contribution in [2.75, 3.05) is 12.3 Å². The topological polar surface area (TPSA) is 89.3 Å². The van der Waals surface area contributed by atoms with Gasteiger partial charge in [-0.3, -0.25) is 4.79 Å². The maximum atomic E-state index is 12.3. The Morgan fingerprint density at radius 1 is 1.32 bits per heavy atom. The van der Waals surface area contributed by atoms with E-state index >= 15 is 0 Å². The molecule has 3 N–H and O–H groups in total. The molecule has 2 atom stereocenters. The smallest absolute Gasteiger partial charge is 0.233 e. The largest absolute Gasteiger partial charge is 0.351 e. The van der Waals surface area contributed by atoms with Crippen LogP contribution in [-0.2, 0) is 14.6 Å². The lowest BCUT2D eigenvalue weighted by Crippen LogP contribution is -2.41. The molecule has 0 aliphatic carbocycles. The number of nitrogens with two attached hydrogens (primary N) is 1. The molecule has 0 fully saturated rings. The maximum Gasteiger partial charge on any atom is 0.233 e. The van der Waals surface area contributed by atoms with E-state index in [-0.39, 0.29) is 17.7 Å². The highest BCUT2D eigenvalue weighted by Crippen LogP contribution is 2.30. The zero-order valence-corrected chi connectivity index (χ0v) is 14.8. The van der Waals surface area contributed by atoms with Crippen LogP contribution in [0.5, 0.6) is 0 Å². The fourth-order valence-corrected chi connectivity index (χ4v) is 4.69. The van der Waals surface area contributed by atoms with Crippen molar-refractivity contribution < 1.29 is 13.2 Å². The fraction of sp³-hybridized carbons (Fsp3) is 0.533. The molecule has 1 rings (SSSR count). The van der Waals surface area contributed by atoms with E-state index in [2.05, 4.69) is 5.32 Å². The first kappa shape index (κ1) is 19.0. The Labute approximate surface area is 137 Å². The van der Waals surface area contributed by atoms with E-state index < -0.39 is 15.1 Å². The third-order valence-electron chi connectivity index (χ3n) is 3.07. The third kappa shape index (κ3) is 5.30. The third-order valence-corrected chi connectivity index (χ3v) is 6.35. The molecule has 0 saturated carbocycles. The van der Waals surface area contributed by atoms with Crippen molar-refractivity contribution in [1.82, 2.24) is 5.32 Å². The van der Waals surface area contributed by atoms with Crippen LogP contribution in [0.15, 0.2) is 34.1 Å². The summed E-state index contributed by atoms with van der Waals surface area (Å²) in [6.07, 6.45) is 0.561. The lowest BCUT2D eigenvalue weighted by atomic mass is 10.3. The number of carbonyl (C=O) groups excluding carboxylic acids is 1. The fourth-order valence-electron chi connectivity index (χ4n) is 1.85. The minimum absolute atomic E-state index is 0.102. The van der Waals surface area contributed by atoms with Gasteiger partial charge in [-0.2, -0.15) is 0 Å². The van der Waals surface area contributed by atoms with Crippen LogP contribution in [0.2, 0.25) is 0 Å². The highest BCUT2D eigenvalue weighted by Gasteiger charge is 2.22. The normalized spacial score (nSPS) is 14.4. The molecule has 0 aliphatic heterocycles. The van der Waals surface area contributed by atoms with E-state index in [1.54, 1.807) is 31.2 Å². The molecule has 0 heterocycles. The van der Waals surface area contributed by atoms with Gasteiger partial charge in [-0.05, 0) is 32.4 Å². The van der Waals surface area contributed by atoms with Gasteiger partial charge < -0.3 is 11.1 Å². The minimum Gasteiger partial charge on any atom is -0.351 e. The van der Waals surface area contributed by atoms with E-state index in [1.165, 1.54) is 11.8 Å². The molecule has 0 saturated heterocycles. The van der Waals surface area contributed by atoms with Crippen molar-refractivity contribution >= 4 is 27.5 Å². The number of carbonyl (C=O) groups is 1. The number of nitrogens with one attached hydrogen (secondary N) is 1. The van der Waals surface area contributed by atoms with Gasteiger partial charge in [-0.15, -0.1) is 11.8 Å². The van der Waals surface area contributed by atoms with E-state index in [1.807, 2.05) is 13.8 Å². The van der Waals surface area contributed by atoms with Crippen LogP contribution < -0.4 is 11.1 Å². The van der Waals surface area contributed by atoms with Crippen molar-refractivity contribution in [3.63, 3.8) is 0 Å². The zero-order valence-electron chi connectivity index (χ0n) is 13.2. The van der Waals surface area contributed by atoms with Crippen LogP contribution in [0.3, 0.4) is 0 Å². The number of thioether (sulfide) groups is 1. The van der Waals surface area contributed by atoms with Crippen molar-refractivity contribution in [2.45, 2.75) is 48.3 Å². The number of benzene rings is 1. The van der Waals surface area contributed by atoms with E-state index in [0.29, 0.717) is 22.8 Å². The molecule has 124 valence electrons. The Hall–Kier alpha value is -1.05. The lowest BCUT2D eigenvalue weighted by Gasteiger charge is -2.17. The first-order valence-corrected chi connectivity index (χ1v) is 9.84. The van der Waals surface area contributed by atoms with Gasteiger partial charge in [0.05, 0.1) is 15.9 Å². The minimum atomic E-state index is -3.31. The summed E-state index contributed by atoms with van der Waals surface area (Å²) in [5.74, 6) is -0.0410. The average molecular weight is 345 g/mol. The molecular formula is C15H24N2O3S2. The molecule has 5 nitrogen and oxygen atoms in total. The quantitative estimate of drug-likeness (QED) is 0.702. The molecule has 1 aromatic rings. The number of rotatable bonds is 8. The molecule has 0 bridgehead atoms. The molecule has 0 spiro atoms. The number of hydrogen-bond donors (Lipinski definition) is 2. The van der Waals surface area contributed by atoms with Gasteiger partial charge in [0.1, 0.15) is 0 Å². The SMILES string of the molecule is CCCS(=O)(=O)c1ccccc1SC(C)C(=O)N[C@@H](C)CN. The van der Waals surface area contributed by atoms with Crippen LogP contribution in [0.4, 0.5) is 0 Å². The molecule has 1 aromatic carbocycles. The standard InChI is InChI=1S/C15H24N2O3S2/c1-4-9-22(19,20)14-8-6-5-7-13(14)21-12(3)15(18)17-11(2)10-16/h5-8,11-12H,4,9-10,16H2,1-3H3,(H,17,18)/t11-,12?/m0/s1. The Morgan fingerprint density at radius 3 is 2.55 bits per heavy atom. The summed E-state index contributed by atoms with van der Waals surface area (Å²) in [5, 5.41) is 2.40. The second kappa shape index (κ2) is 8.55. The predicted molar refractivity (Wildman–Crippen MR) is 90.8 cm³/mol. The first-order chi connectivity index (χ1) is 10.3. The summed E-state index contributed by atoms with van der Waals surface area (Å²) in [7, 11) is -3.31. The lowest BCUT2D eigenvalue weighted by molar-refractivity contribution is -0.120. The van der Waals surface area contributed by atoms with Gasteiger partial charge >= 0.3 is 0 Å². The summed E-state index contributed by atoms with van der Waals surface area (Å²) in [5.41, 5.74) is 5.49. The Balaban J connectivity index is 2.93. The van der Waals surface area contributed by atoms with Gasteiger partial charge in [0.15, 0.2) is 9.84 Å². The van der Waals surface area contributed by atoms with Crippen molar-refractivity contribution in [3.8, 4) is 0 Å². The van der Waals surface area contributed by atoms with Crippen molar-refractivity contribution in [3.05, 3.63) is 24.3 Å². The summed E-state index contributed by atoms with van der Waals surface area (Å²) < 4.78 is 24.6. The summed E-state index contributed by atoms with van der Waals surface area (Å²) in [4.78, 5) is 13.0. The van der Waals surface area contributed by atoms with Crippen LogP contribution in [0, 0.1) is 0 Å². The highest BCUT2D eigenvalue weighted by molar-refractivity contribution is 8.01. The second-order valence-electron chi connectivity index (χ2n) is 5.17. The molecule has 7 heteroatoms. The van der Waals surface area contributed by atoms with Crippen LogP contribution >= 0.6 is 11.8 Å². The monoisotopic (exact) mass is 344 g/mol. The molecular weight excluding hydrogens is 320 g/mol. The van der Waals surface area contributed by atoms with Gasteiger partial charge in [0.2, 0.25) is 5.91 Å². The predicted octanol–water partition coefficient (Wildman–Crippen LogP) is 1.81. The summed E-state index contributed by atoms with van der Waals surface area (Å²) in [6, 6.07) is 6.72. The van der Waals surface area contributed by atoms with Gasteiger partial charge in [-0.1, -0.05) is 19.1 Å². The molecule has 1 amide bonds. The van der Waals surface area contributed by atoms with Gasteiger partial charge in [0.25, 0.3) is 0 Å². The Morgan fingerprint density at radius 2 is 1.95 bits per heavy atom. The van der Waals surface area contributed by atoms with Crippen LogP contribution in [0.25, 0.3) is 0 Å². The molecule has 1 unspecified atom stereocenters. The number of sulfone groups is 1. The zero-order chi connectivity index (χ0) is 16.8. The maximum absolute atomic E-state index is 12.3. The van der Waals surface area contributed by atoms with Crippen molar-refractivity contribution in [2.24, 2.45) is 5.73 Å². The number of amides is 1. The Bertz CT molecular complexity index is 603. The van der Waals surface area contributed by atoms with E-state index in [0.717, 1.165) is 0 Å². The molecule has 0 aliphatic rings. The van der Waals surface area contributed by atoms with Crippen LogP contribution in [-0.4, -0.2) is 37.9 Å². The van der Waals surface area contributed by atoms with Gasteiger partial charge in [-0.25, -0.2) is 8.42 Å². The summed E-state index contributed by atoms with van der Waals surface area (Å²) >= 11 is 1.25. The van der Waals surface area contributed by atoms with Crippen molar-refractivity contribution in [1.29, 1.82) is 0 Å². The average Bonchev–Trinajstić information content (AvgIpc) is 2.47. The number of hydrogen-bond acceptors (Lipinski definition) is 5. The second-order valence-corrected chi connectivity index (χ2v) is 8.63.